The molecule has 1 aromatic rings. The normalized spacial score (nSPS) is 16.7. The molecule has 1 aromatic heterocycles. The van der Waals surface area contributed by atoms with Crippen molar-refractivity contribution in [1.82, 2.24) is 0 Å². The summed E-state index contributed by atoms with van der Waals surface area (Å²) in [6.45, 7) is 1.42. The first-order valence-electron chi connectivity index (χ1n) is 6.31. The predicted molar refractivity (Wildman–Crippen MR) is 72.6 cm³/mol. The van der Waals surface area contributed by atoms with E-state index in [-0.39, 0.29) is 0 Å². The van der Waals surface area contributed by atoms with Crippen LogP contribution in [-0.2, 0) is 16.1 Å². The monoisotopic (exact) mass is 266 g/mol. The van der Waals surface area contributed by atoms with Gasteiger partial charge in [0.25, 0.3) is 0 Å². The maximum Gasteiger partial charge on any atom is 0.328 e. The summed E-state index contributed by atoms with van der Waals surface area (Å²) in [6, 6.07) is 1.93. The predicted octanol–water partition coefficient (Wildman–Crippen LogP) is 3.55. The second-order valence-electron chi connectivity index (χ2n) is 4.64. The number of aliphatic carboxylic acids is 1. The molecule has 1 N–H and O–H groups in total. The van der Waals surface area contributed by atoms with Crippen LogP contribution in [0.2, 0.25) is 0 Å². The highest BCUT2D eigenvalue weighted by Crippen LogP contribution is 2.26. The average Bonchev–Trinajstić information content (AvgIpc) is 2.97. The van der Waals surface area contributed by atoms with Crippen molar-refractivity contribution in [2.75, 3.05) is 6.61 Å². The number of carboxylic acids is 1. The summed E-state index contributed by atoms with van der Waals surface area (Å²) in [7, 11) is 0. The van der Waals surface area contributed by atoms with E-state index in [4.69, 9.17) is 9.84 Å². The van der Waals surface area contributed by atoms with Crippen LogP contribution in [0.5, 0.6) is 0 Å². The molecule has 0 aliphatic heterocycles. The van der Waals surface area contributed by atoms with Gasteiger partial charge in [0.05, 0.1) is 6.61 Å². The zero-order valence-corrected chi connectivity index (χ0v) is 11.1. The molecule has 98 valence electrons. The van der Waals surface area contributed by atoms with Crippen molar-refractivity contribution in [1.29, 1.82) is 0 Å². The van der Waals surface area contributed by atoms with Gasteiger partial charge >= 0.3 is 5.97 Å². The highest BCUT2D eigenvalue weighted by molar-refractivity contribution is 7.10. The molecule has 0 bridgehead atoms. The second kappa shape index (κ2) is 6.71. The largest absolute Gasteiger partial charge is 0.478 e. The van der Waals surface area contributed by atoms with Gasteiger partial charge in [0, 0.05) is 17.6 Å². The summed E-state index contributed by atoms with van der Waals surface area (Å²) in [5, 5.41) is 10.6. The van der Waals surface area contributed by atoms with Crippen molar-refractivity contribution in [2.45, 2.75) is 32.3 Å². The third kappa shape index (κ3) is 3.96. The maximum absolute atomic E-state index is 10.5. The van der Waals surface area contributed by atoms with E-state index in [1.54, 1.807) is 17.4 Å². The van der Waals surface area contributed by atoms with Crippen LogP contribution in [-0.4, -0.2) is 17.7 Å². The van der Waals surface area contributed by atoms with Crippen LogP contribution in [0.1, 0.15) is 36.1 Å². The first-order chi connectivity index (χ1) is 8.75. The standard InChI is InChI=1S/C14H18O3S/c15-14(16)6-5-12-7-8-18-13(12)10-17-9-11-3-1-2-4-11/h5-8,11H,1-4,9-10H2,(H,15,16). The third-order valence-electron chi connectivity index (χ3n) is 3.25. The Hall–Kier alpha value is -1.13. The quantitative estimate of drug-likeness (QED) is 0.801. The topological polar surface area (TPSA) is 46.5 Å². The summed E-state index contributed by atoms with van der Waals surface area (Å²) in [6.07, 6.45) is 8.04. The van der Waals surface area contributed by atoms with Crippen LogP contribution < -0.4 is 0 Å². The van der Waals surface area contributed by atoms with Gasteiger partial charge in [0.2, 0.25) is 0 Å². The molecule has 3 nitrogen and oxygen atoms in total. The Bertz CT molecular complexity index is 416. The number of carboxylic acid groups (broad SMARTS) is 1. The molecule has 1 aliphatic rings. The zero-order valence-electron chi connectivity index (χ0n) is 10.3. The molecule has 1 saturated carbocycles. The highest BCUT2D eigenvalue weighted by atomic mass is 32.1. The van der Waals surface area contributed by atoms with E-state index in [0.29, 0.717) is 6.61 Å². The van der Waals surface area contributed by atoms with E-state index in [2.05, 4.69) is 0 Å². The van der Waals surface area contributed by atoms with E-state index >= 15 is 0 Å². The average molecular weight is 266 g/mol. The van der Waals surface area contributed by atoms with Crippen LogP contribution in [0.25, 0.3) is 6.08 Å². The first kappa shape index (κ1) is 13.3. The molecule has 0 radical (unpaired) electrons. The lowest BCUT2D eigenvalue weighted by molar-refractivity contribution is -0.131. The Kier molecular flexibility index (Phi) is 4.96. The third-order valence-corrected chi connectivity index (χ3v) is 4.16. The smallest absolute Gasteiger partial charge is 0.328 e. The lowest BCUT2D eigenvalue weighted by Crippen LogP contribution is -2.05. The van der Waals surface area contributed by atoms with Crippen LogP contribution in [0, 0.1) is 5.92 Å². The van der Waals surface area contributed by atoms with Gasteiger partial charge in [-0.2, -0.15) is 0 Å². The summed E-state index contributed by atoms with van der Waals surface area (Å²) < 4.78 is 5.74. The molecule has 0 saturated heterocycles. The maximum atomic E-state index is 10.5. The minimum Gasteiger partial charge on any atom is -0.478 e. The van der Waals surface area contributed by atoms with Gasteiger partial charge in [-0.15, -0.1) is 11.3 Å². The molecule has 4 heteroatoms. The molecule has 0 amide bonds. The van der Waals surface area contributed by atoms with E-state index in [9.17, 15) is 4.79 Å². The fourth-order valence-electron chi connectivity index (χ4n) is 2.27. The summed E-state index contributed by atoms with van der Waals surface area (Å²) in [5.74, 6) is -0.193. The van der Waals surface area contributed by atoms with Crippen molar-refractivity contribution in [3.8, 4) is 0 Å². The van der Waals surface area contributed by atoms with Crippen molar-refractivity contribution >= 4 is 23.4 Å². The molecule has 2 rings (SSSR count). The summed E-state index contributed by atoms with van der Waals surface area (Å²) >= 11 is 1.61. The van der Waals surface area contributed by atoms with Gasteiger partial charge in [-0.05, 0) is 41.8 Å². The van der Waals surface area contributed by atoms with Crippen LogP contribution in [0.4, 0.5) is 0 Å². The molecular weight excluding hydrogens is 248 g/mol. The van der Waals surface area contributed by atoms with Crippen molar-refractivity contribution in [2.24, 2.45) is 5.92 Å². The molecule has 1 heterocycles. The van der Waals surface area contributed by atoms with Gasteiger partial charge in [0.1, 0.15) is 0 Å². The Balaban J connectivity index is 1.81. The molecule has 1 fully saturated rings. The fourth-order valence-corrected chi connectivity index (χ4v) is 3.08. The van der Waals surface area contributed by atoms with Crippen LogP contribution >= 0.6 is 11.3 Å². The lowest BCUT2D eigenvalue weighted by Gasteiger charge is -2.09. The molecule has 0 unspecified atom stereocenters. The Labute approximate surface area is 111 Å². The molecule has 0 atom stereocenters. The lowest BCUT2D eigenvalue weighted by atomic mass is 10.1. The number of carbonyl (C=O) groups is 1. The van der Waals surface area contributed by atoms with Gasteiger partial charge in [-0.1, -0.05) is 12.8 Å². The number of thiophene rings is 1. The molecule has 1 aliphatic carbocycles. The van der Waals surface area contributed by atoms with Gasteiger partial charge in [-0.25, -0.2) is 4.79 Å². The summed E-state index contributed by atoms with van der Waals surface area (Å²) in [5.41, 5.74) is 0.953. The van der Waals surface area contributed by atoms with Crippen molar-refractivity contribution in [3.05, 3.63) is 28.0 Å². The fraction of sp³-hybridized carbons (Fsp3) is 0.500. The van der Waals surface area contributed by atoms with E-state index in [1.807, 2.05) is 11.4 Å². The second-order valence-corrected chi connectivity index (χ2v) is 5.64. The van der Waals surface area contributed by atoms with E-state index in [0.717, 1.165) is 23.0 Å². The Morgan fingerprint density at radius 1 is 1.50 bits per heavy atom. The number of hydrogen-bond acceptors (Lipinski definition) is 3. The minimum absolute atomic E-state index is 0.591. The van der Waals surface area contributed by atoms with E-state index in [1.165, 1.54) is 31.8 Å². The van der Waals surface area contributed by atoms with Gasteiger partial charge < -0.3 is 9.84 Å². The SMILES string of the molecule is O=C(O)C=Cc1ccsc1COCC1CCCC1. The summed E-state index contributed by atoms with van der Waals surface area (Å²) in [4.78, 5) is 11.6. The van der Waals surface area contributed by atoms with Crippen molar-refractivity contribution in [3.63, 3.8) is 0 Å². The van der Waals surface area contributed by atoms with Crippen LogP contribution in [0.3, 0.4) is 0 Å². The molecular formula is C14H18O3S. The molecule has 0 aromatic carbocycles. The minimum atomic E-state index is -0.918. The number of hydrogen-bond donors (Lipinski definition) is 1. The van der Waals surface area contributed by atoms with Gasteiger partial charge in [-0.3, -0.25) is 0 Å². The van der Waals surface area contributed by atoms with Gasteiger partial charge in [0.15, 0.2) is 0 Å². The van der Waals surface area contributed by atoms with Crippen LogP contribution in [0.15, 0.2) is 17.5 Å². The van der Waals surface area contributed by atoms with Crippen molar-refractivity contribution < 1.29 is 14.6 Å². The Morgan fingerprint density at radius 2 is 2.28 bits per heavy atom. The zero-order chi connectivity index (χ0) is 12.8. The first-order valence-corrected chi connectivity index (χ1v) is 7.19. The Morgan fingerprint density at radius 3 is 3.00 bits per heavy atom. The molecule has 18 heavy (non-hydrogen) atoms. The number of rotatable bonds is 6. The number of ether oxygens (including phenoxy) is 1. The van der Waals surface area contributed by atoms with E-state index < -0.39 is 5.97 Å². The highest BCUT2D eigenvalue weighted by Gasteiger charge is 2.15. The molecule has 0 spiro atoms.